The van der Waals surface area contributed by atoms with Crippen LogP contribution in [0.3, 0.4) is 0 Å². The van der Waals surface area contributed by atoms with Crippen LogP contribution in [0.5, 0.6) is 5.75 Å². The highest BCUT2D eigenvalue weighted by Crippen LogP contribution is 2.19. The Labute approximate surface area is 128 Å². The van der Waals surface area contributed by atoms with E-state index in [1.165, 1.54) is 16.8 Å². The minimum Gasteiger partial charge on any atom is -0.491 e. The average molecular weight is 283 g/mol. The van der Waals surface area contributed by atoms with Crippen LogP contribution in [0.1, 0.15) is 25.0 Å². The number of likely N-dealkylation sites (N-methyl/N-ethyl adjacent to an activating group) is 1. The molecular formula is C19H25NO. The van der Waals surface area contributed by atoms with E-state index in [4.69, 9.17) is 4.74 Å². The summed E-state index contributed by atoms with van der Waals surface area (Å²) < 4.78 is 5.97. The van der Waals surface area contributed by atoms with Crippen LogP contribution in [0.15, 0.2) is 48.5 Å². The van der Waals surface area contributed by atoms with E-state index in [-0.39, 0.29) is 0 Å². The van der Waals surface area contributed by atoms with Gasteiger partial charge in [-0.25, -0.2) is 0 Å². The summed E-state index contributed by atoms with van der Waals surface area (Å²) in [4.78, 5) is 2.35. The van der Waals surface area contributed by atoms with Crippen molar-refractivity contribution < 1.29 is 4.74 Å². The number of rotatable bonds is 7. The zero-order chi connectivity index (χ0) is 15.1. The molecule has 2 aromatic rings. The van der Waals surface area contributed by atoms with Gasteiger partial charge in [0.25, 0.3) is 0 Å². The van der Waals surface area contributed by atoms with Gasteiger partial charge in [-0.3, -0.25) is 0 Å². The van der Waals surface area contributed by atoms with E-state index >= 15 is 0 Å². The molecule has 0 aliphatic rings. The molecule has 0 unspecified atom stereocenters. The van der Waals surface area contributed by atoms with Gasteiger partial charge in [-0.05, 0) is 49.6 Å². The van der Waals surface area contributed by atoms with Crippen molar-refractivity contribution in [2.75, 3.05) is 24.6 Å². The Hall–Kier alpha value is -1.96. The van der Waals surface area contributed by atoms with Gasteiger partial charge in [0.15, 0.2) is 0 Å². The third-order valence-corrected chi connectivity index (χ3v) is 3.72. The summed E-state index contributed by atoms with van der Waals surface area (Å²) in [7, 11) is 0. The fraction of sp³-hybridized carbons (Fsp3) is 0.368. The summed E-state index contributed by atoms with van der Waals surface area (Å²) in [6.45, 7) is 9.07. The van der Waals surface area contributed by atoms with Crippen LogP contribution in [0.4, 0.5) is 5.69 Å². The van der Waals surface area contributed by atoms with Crippen molar-refractivity contribution in [2.45, 2.75) is 27.2 Å². The molecule has 0 heterocycles. The highest BCUT2D eigenvalue weighted by molar-refractivity contribution is 5.48. The zero-order valence-corrected chi connectivity index (χ0v) is 13.3. The Morgan fingerprint density at radius 2 is 1.81 bits per heavy atom. The Balaban J connectivity index is 1.95. The molecule has 0 radical (unpaired) electrons. The summed E-state index contributed by atoms with van der Waals surface area (Å²) >= 11 is 0. The van der Waals surface area contributed by atoms with Crippen molar-refractivity contribution in [2.24, 2.45) is 0 Å². The molecule has 0 fully saturated rings. The highest BCUT2D eigenvalue weighted by Gasteiger charge is 2.06. The third-order valence-electron chi connectivity index (χ3n) is 3.72. The van der Waals surface area contributed by atoms with Crippen LogP contribution in [0.25, 0.3) is 0 Å². The normalized spacial score (nSPS) is 10.4. The van der Waals surface area contributed by atoms with Gasteiger partial charge in [-0.2, -0.15) is 0 Å². The predicted octanol–water partition coefficient (Wildman–Crippen LogP) is 4.46. The maximum absolute atomic E-state index is 5.97. The van der Waals surface area contributed by atoms with Gasteiger partial charge in [0.2, 0.25) is 0 Å². The van der Waals surface area contributed by atoms with Crippen molar-refractivity contribution in [1.82, 2.24) is 0 Å². The summed E-state index contributed by atoms with van der Waals surface area (Å²) in [5.74, 6) is 1.01. The molecule has 0 N–H and O–H groups in total. The molecule has 2 aromatic carbocycles. The Morgan fingerprint density at radius 3 is 2.52 bits per heavy atom. The van der Waals surface area contributed by atoms with Gasteiger partial charge in [-0.15, -0.1) is 0 Å². The van der Waals surface area contributed by atoms with E-state index in [0.717, 1.165) is 25.3 Å². The third kappa shape index (κ3) is 4.25. The Bertz CT molecular complexity index is 565. The lowest BCUT2D eigenvalue weighted by atomic mass is 10.1. The number of anilines is 1. The van der Waals surface area contributed by atoms with Gasteiger partial charge in [0.05, 0.1) is 6.54 Å². The van der Waals surface area contributed by atoms with Crippen molar-refractivity contribution in [3.05, 3.63) is 59.7 Å². The van der Waals surface area contributed by atoms with E-state index in [9.17, 15) is 0 Å². The number of ether oxygens (including phenoxy) is 1. The van der Waals surface area contributed by atoms with E-state index in [2.05, 4.69) is 68.1 Å². The second-order valence-electron chi connectivity index (χ2n) is 5.23. The topological polar surface area (TPSA) is 12.5 Å². The maximum atomic E-state index is 5.97. The largest absolute Gasteiger partial charge is 0.491 e. The molecule has 0 saturated heterocycles. The van der Waals surface area contributed by atoms with Crippen molar-refractivity contribution in [3.8, 4) is 5.75 Å². The molecule has 2 rings (SSSR count). The molecule has 0 spiro atoms. The lowest BCUT2D eigenvalue weighted by Gasteiger charge is -2.23. The molecule has 0 saturated carbocycles. The maximum Gasteiger partial charge on any atom is 0.122 e. The fourth-order valence-electron chi connectivity index (χ4n) is 2.50. The zero-order valence-electron chi connectivity index (χ0n) is 13.3. The summed E-state index contributed by atoms with van der Waals surface area (Å²) in [5.41, 5.74) is 3.84. The lowest BCUT2D eigenvalue weighted by molar-refractivity contribution is 0.321. The molecule has 112 valence electrons. The molecule has 2 heteroatoms. The van der Waals surface area contributed by atoms with Crippen LogP contribution in [-0.2, 0) is 6.42 Å². The van der Waals surface area contributed by atoms with Gasteiger partial charge in [0.1, 0.15) is 12.4 Å². The fourth-order valence-corrected chi connectivity index (χ4v) is 2.50. The lowest BCUT2D eigenvalue weighted by Crippen LogP contribution is -2.28. The number of para-hydroxylation sites is 1. The van der Waals surface area contributed by atoms with Crippen molar-refractivity contribution >= 4 is 5.69 Å². The van der Waals surface area contributed by atoms with Crippen LogP contribution in [-0.4, -0.2) is 19.7 Å². The smallest absolute Gasteiger partial charge is 0.122 e. The first-order chi connectivity index (χ1) is 10.2. The number of benzene rings is 2. The van der Waals surface area contributed by atoms with Gasteiger partial charge in [0, 0.05) is 12.2 Å². The highest BCUT2D eigenvalue weighted by atomic mass is 16.5. The molecule has 0 atom stereocenters. The van der Waals surface area contributed by atoms with Crippen molar-refractivity contribution in [3.63, 3.8) is 0 Å². The number of hydrogen-bond donors (Lipinski definition) is 0. The molecule has 0 aliphatic heterocycles. The van der Waals surface area contributed by atoms with Crippen LogP contribution in [0.2, 0.25) is 0 Å². The van der Waals surface area contributed by atoms with Crippen LogP contribution < -0.4 is 9.64 Å². The summed E-state index contributed by atoms with van der Waals surface area (Å²) in [5, 5.41) is 0. The standard InChI is InChI=1S/C19H25NO/c1-4-17-10-6-7-12-19(17)21-14-13-20(5-2)18-11-8-9-16(3)15-18/h6-12,15H,4-5,13-14H2,1-3H3. The Morgan fingerprint density at radius 1 is 1.00 bits per heavy atom. The van der Waals surface area contributed by atoms with Crippen LogP contribution >= 0.6 is 0 Å². The van der Waals surface area contributed by atoms with Gasteiger partial charge < -0.3 is 9.64 Å². The Kier molecular flexibility index (Phi) is 5.68. The molecule has 0 amide bonds. The quantitative estimate of drug-likeness (QED) is 0.743. The van der Waals surface area contributed by atoms with E-state index in [1.807, 2.05) is 6.07 Å². The molecule has 0 aliphatic carbocycles. The monoisotopic (exact) mass is 283 g/mol. The summed E-state index contributed by atoms with van der Waals surface area (Å²) in [6, 6.07) is 16.9. The van der Waals surface area contributed by atoms with Gasteiger partial charge in [-0.1, -0.05) is 37.3 Å². The van der Waals surface area contributed by atoms with Crippen molar-refractivity contribution in [1.29, 1.82) is 0 Å². The molecule has 0 bridgehead atoms. The molecular weight excluding hydrogens is 258 g/mol. The van der Waals surface area contributed by atoms with Gasteiger partial charge >= 0.3 is 0 Å². The van der Waals surface area contributed by atoms with Crippen LogP contribution in [0, 0.1) is 6.92 Å². The SMILES string of the molecule is CCc1ccccc1OCCN(CC)c1cccc(C)c1. The molecule has 2 nitrogen and oxygen atoms in total. The minimum atomic E-state index is 0.707. The average Bonchev–Trinajstić information content (AvgIpc) is 2.52. The van der Waals surface area contributed by atoms with E-state index in [1.54, 1.807) is 0 Å². The second-order valence-corrected chi connectivity index (χ2v) is 5.23. The number of hydrogen-bond acceptors (Lipinski definition) is 2. The van der Waals surface area contributed by atoms with E-state index in [0.29, 0.717) is 6.61 Å². The minimum absolute atomic E-state index is 0.707. The first-order valence-corrected chi connectivity index (χ1v) is 7.77. The number of nitrogens with zero attached hydrogens (tertiary/aromatic N) is 1. The van der Waals surface area contributed by atoms with E-state index < -0.39 is 0 Å². The second kappa shape index (κ2) is 7.72. The first-order valence-electron chi connectivity index (χ1n) is 7.77. The first kappa shape index (κ1) is 15.4. The predicted molar refractivity (Wildman–Crippen MR) is 90.4 cm³/mol. The summed E-state index contributed by atoms with van der Waals surface area (Å²) in [6.07, 6.45) is 1.01. The molecule has 21 heavy (non-hydrogen) atoms. The number of aryl methyl sites for hydroxylation is 2. The molecule has 0 aromatic heterocycles.